The second-order valence-corrected chi connectivity index (χ2v) is 4.40. The molecule has 2 rings (SSSR count). The monoisotopic (exact) mass is 250 g/mol. The fraction of sp³-hybridized carbons (Fsp3) is 0.250. The van der Waals surface area contributed by atoms with Gasteiger partial charge in [0, 0.05) is 18.8 Å². The van der Waals surface area contributed by atoms with Crippen molar-refractivity contribution in [2.24, 2.45) is 0 Å². The van der Waals surface area contributed by atoms with Gasteiger partial charge in [-0.3, -0.25) is 0 Å². The Hall–Kier alpha value is -1.59. The summed E-state index contributed by atoms with van der Waals surface area (Å²) in [6.45, 7) is 1.53. The quantitative estimate of drug-likeness (QED) is 0.799. The summed E-state index contributed by atoms with van der Waals surface area (Å²) in [5, 5.41) is 7.47. The van der Waals surface area contributed by atoms with Gasteiger partial charge in [-0.1, -0.05) is 0 Å². The van der Waals surface area contributed by atoms with E-state index >= 15 is 0 Å². The van der Waals surface area contributed by atoms with E-state index in [0.717, 1.165) is 12.2 Å². The van der Waals surface area contributed by atoms with Crippen LogP contribution in [0.4, 0.5) is 0 Å². The molecule has 5 heteroatoms. The summed E-state index contributed by atoms with van der Waals surface area (Å²) >= 11 is 1.69. The highest BCUT2D eigenvalue weighted by molar-refractivity contribution is 7.07. The van der Waals surface area contributed by atoms with E-state index in [1.54, 1.807) is 17.4 Å². The van der Waals surface area contributed by atoms with Crippen LogP contribution in [0.15, 0.2) is 29.0 Å². The molecule has 17 heavy (non-hydrogen) atoms. The van der Waals surface area contributed by atoms with Gasteiger partial charge in [0.15, 0.2) is 0 Å². The third-order valence-electron chi connectivity index (χ3n) is 2.38. The normalized spacial score (nSPS) is 10.4. The van der Waals surface area contributed by atoms with E-state index in [9.17, 15) is 4.79 Å². The maximum Gasteiger partial charge on any atom is 0.354 e. The average molecular weight is 250 g/mol. The predicted octanol–water partition coefficient (Wildman–Crippen LogP) is 2.15. The van der Waals surface area contributed by atoms with Gasteiger partial charge in [0.1, 0.15) is 5.69 Å². The molecule has 90 valence electrons. The summed E-state index contributed by atoms with van der Waals surface area (Å²) in [6, 6.07) is 5.70. The van der Waals surface area contributed by atoms with Crippen molar-refractivity contribution in [1.82, 2.24) is 10.3 Å². The molecule has 0 amide bonds. The van der Waals surface area contributed by atoms with Crippen LogP contribution in [0.1, 0.15) is 21.7 Å². The number of hydrogen-bond acceptors (Lipinski definition) is 4. The highest BCUT2D eigenvalue weighted by Crippen LogP contribution is 2.06. The lowest BCUT2D eigenvalue weighted by Gasteiger charge is -2.01. The van der Waals surface area contributed by atoms with E-state index in [4.69, 9.17) is 0 Å². The number of esters is 1. The van der Waals surface area contributed by atoms with E-state index in [1.807, 2.05) is 6.07 Å². The Labute approximate surface area is 104 Å². The van der Waals surface area contributed by atoms with Gasteiger partial charge in [-0.15, -0.1) is 0 Å². The molecule has 0 aliphatic rings. The largest absolute Gasteiger partial charge is 0.464 e. The number of aromatic nitrogens is 1. The second-order valence-electron chi connectivity index (χ2n) is 3.62. The Kier molecular flexibility index (Phi) is 3.95. The van der Waals surface area contributed by atoms with Gasteiger partial charge in [0.25, 0.3) is 0 Å². The van der Waals surface area contributed by atoms with E-state index in [0.29, 0.717) is 12.2 Å². The molecule has 2 aromatic heterocycles. The molecule has 2 heterocycles. The molecule has 0 aliphatic carbocycles. The standard InChI is InChI=1S/C12H14N2O2S/c1-16-12(15)11-3-2-10(14-11)7-13-6-9-4-5-17-8-9/h2-5,8,13-14H,6-7H2,1H3. The molecule has 0 radical (unpaired) electrons. The molecule has 0 fully saturated rings. The number of H-pyrrole nitrogens is 1. The van der Waals surface area contributed by atoms with Crippen molar-refractivity contribution in [3.05, 3.63) is 45.9 Å². The Bertz CT molecular complexity index is 476. The van der Waals surface area contributed by atoms with Crippen molar-refractivity contribution < 1.29 is 9.53 Å². The van der Waals surface area contributed by atoms with Crippen molar-refractivity contribution >= 4 is 17.3 Å². The Morgan fingerprint density at radius 2 is 2.29 bits per heavy atom. The predicted molar refractivity (Wildman–Crippen MR) is 67.0 cm³/mol. The Morgan fingerprint density at radius 1 is 1.41 bits per heavy atom. The van der Waals surface area contributed by atoms with Crippen LogP contribution in [0.25, 0.3) is 0 Å². The molecule has 0 aliphatic heterocycles. The fourth-order valence-corrected chi connectivity index (χ4v) is 2.18. The number of carbonyl (C=O) groups excluding carboxylic acids is 1. The van der Waals surface area contributed by atoms with Gasteiger partial charge in [0.05, 0.1) is 7.11 Å². The molecule has 0 spiro atoms. The zero-order chi connectivity index (χ0) is 12.1. The summed E-state index contributed by atoms with van der Waals surface area (Å²) in [6.07, 6.45) is 0. The molecule has 0 saturated heterocycles. The van der Waals surface area contributed by atoms with Gasteiger partial charge in [-0.05, 0) is 34.5 Å². The van der Waals surface area contributed by atoms with Crippen LogP contribution in [-0.4, -0.2) is 18.1 Å². The minimum absolute atomic E-state index is 0.339. The maximum atomic E-state index is 11.2. The first-order chi connectivity index (χ1) is 8.29. The summed E-state index contributed by atoms with van der Waals surface area (Å²) in [5.74, 6) is -0.339. The smallest absolute Gasteiger partial charge is 0.354 e. The Morgan fingerprint density at radius 3 is 3.00 bits per heavy atom. The molecular formula is C12H14N2O2S. The van der Waals surface area contributed by atoms with Crippen LogP contribution in [-0.2, 0) is 17.8 Å². The number of thiophene rings is 1. The van der Waals surface area contributed by atoms with Gasteiger partial charge in [-0.2, -0.15) is 11.3 Å². The first kappa shape index (κ1) is 11.9. The van der Waals surface area contributed by atoms with E-state index < -0.39 is 0 Å². The topological polar surface area (TPSA) is 54.1 Å². The molecule has 4 nitrogen and oxygen atoms in total. The lowest BCUT2D eigenvalue weighted by molar-refractivity contribution is 0.0594. The summed E-state index contributed by atoms with van der Waals surface area (Å²) in [4.78, 5) is 14.2. The number of methoxy groups -OCH3 is 1. The number of nitrogens with one attached hydrogen (secondary N) is 2. The summed E-state index contributed by atoms with van der Waals surface area (Å²) in [7, 11) is 1.37. The van der Waals surface area contributed by atoms with Crippen molar-refractivity contribution in [3.63, 3.8) is 0 Å². The number of rotatable bonds is 5. The van der Waals surface area contributed by atoms with E-state index in [-0.39, 0.29) is 5.97 Å². The Balaban J connectivity index is 1.83. The molecule has 0 unspecified atom stereocenters. The molecule has 0 saturated carbocycles. The highest BCUT2D eigenvalue weighted by Gasteiger charge is 2.07. The molecule has 0 aromatic carbocycles. The first-order valence-corrected chi connectivity index (χ1v) is 6.22. The average Bonchev–Trinajstić information content (AvgIpc) is 2.99. The van der Waals surface area contributed by atoms with Gasteiger partial charge in [0.2, 0.25) is 0 Å². The van der Waals surface area contributed by atoms with Crippen LogP contribution in [0.2, 0.25) is 0 Å². The zero-order valence-electron chi connectivity index (χ0n) is 9.53. The van der Waals surface area contributed by atoms with Crippen molar-refractivity contribution in [1.29, 1.82) is 0 Å². The molecule has 0 bridgehead atoms. The molecule has 2 N–H and O–H groups in total. The highest BCUT2D eigenvalue weighted by atomic mass is 32.1. The number of ether oxygens (including phenoxy) is 1. The second kappa shape index (κ2) is 5.65. The van der Waals surface area contributed by atoms with Crippen molar-refractivity contribution in [2.75, 3.05) is 7.11 Å². The van der Waals surface area contributed by atoms with E-state index in [2.05, 4.69) is 31.9 Å². The van der Waals surface area contributed by atoms with Crippen LogP contribution in [0.3, 0.4) is 0 Å². The molecular weight excluding hydrogens is 236 g/mol. The van der Waals surface area contributed by atoms with Gasteiger partial charge < -0.3 is 15.0 Å². The van der Waals surface area contributed by atoms with Crippen molar-refractivity contribution in [2.45, 2.75) is 13.1 Å². The maximum absolute atomic E-state index is 11.2. The molecule has 2 aromatic rings. The number of carbonyl (C=O) groups is 1. The van der Waals surface area contributed by atoms with Crippen LogP contribution >= 0.6 is 11.3 Å². The van der Waals surface area contributed by atoms with E-state index in [1.165, 1.54) is 12.7 Å². The third-order valence-corrected chi connectivity index (χ3v) is 3.11. The summed E-state index contributed by atoms with van der Waals surface area (Å²) < 4.78 is 4.62. The summed E-state index contributed by atoms with van der Waals surface area (Å²) in [5.41, 5.74) is 2.73. The number of aromatic amines is 1. The van der Waals surface area contributed by atoms with Crippen LogP contribution in [0, 0.1) is 0 Å². The fourth-order valence-electron chi connectivity index (χ4n) is 1.51. The van der Waals surface area contributed by atoms with Crippen molar-refractivity contribution in [3.8, 4) is 0 Å². The number of hydrogen-bond donors (Lipinski definition) is 2. The van der Waals surface area contributed by atoms with Crippen LogP contribution in [0.5, 0.6) is 0 Å². The van der Waals surface area contributed by atoms with Gasteiger partial charge in [-0.25, -0.2) is 4.79 Å². The lowest BCUT2D eigenvalue weighted by Crippen LogP contribution is -2.12. The lowest BCUT2D eigenvalue weighted by atomic mass is 10.3. The SMILES string of the molecule is COC(=O)c1ccc(CNCc2ccsc2)[nH]1. The van der Waals surface area contributed by atoms with Crippen LogP contribution < -0.4 is 5.32 Å². The first-order valence-electron chi connectivity index (χ1n) is 5.27. The van der Waals surface area contributed by atoms with Gasteiger partial charge >= 0.3 is 5.97 Å². The molecule has 0 atom stereocenters. The third kappa shape index (κ3) is 3.18. The zero-order valence-corrected chi connectivity index (χ0v) is 10.3. The minimum atomic E-state index is -0.339. The minimum Gasteiger partial charge on any atom is -0.464 e.